The molecule has 1 rings (SSSR count). The van der Waals surface area contributed by atoms with Crippen LogP contribution >= 0.6 is 0 Å². The summed E-state index contributed by atoms with van der Waals surface area (Å²) in [5.41, 5.74) is 0.585. The fourth-order valence-electron chi connectivity index (χ4n) is 2.20. The van der Waals surface area contributed by atoms with Crippen LogP contribution in [0, 0.1) is 11.8 Å². The van der Waals surface area contributed by atoms with Crippen LogP contribution in [0.15, 0.2) is 12.2 Å². The molecular formula is C13H22O2. The summed E-state index contributed by atoms with van der Waals surface area (Å²) in [6.45, 7) is 10.0. The molecule has 0 N–H and O–H groups in total. The molecule has 0 spiro atoms. The van der Waals surface area contributed by atoms with Gasteiger partial charge in [0.05, 0.1) is 0 Å². The molecule has 3 unspecified atom stereocenters. The van der Waals surface area contributed by atoms with Crippen LogP contribution < -0.4 is 0 Å². The van der Waals surface area contributed by atoms with Gasteiger partial charge in [-0.3, -0.25) is 0 Å². The predicted octanol–water partition coefficient (Wildman–Crippen LogP) is 3.32. The summed E-state index contributed by atoms with van der Waals surface area (Å²) in [5, 5.41) is 0. The monoisotopic (exact) mass is 210 g/mol. The van der Waals surface area contributed by atoms with E-state index in [1.807, 2.05) is 6.92 Å². The van der Waals surface area contributed by atoms with E-state index in [1.54, 1.807) is 0 Å². The summed E-state index contributed by atoms with van der Waals surface area (Å²) in [5.74, 6) is 1.03. The first-order valence-corrected chi connectivity index (χ1v) is 5.97. The molecule has 86 valence electrons. The third-order valence-electron chi connectivity index (χ3n) is 3.46. The van der Waals surface area contributed by atoms with Gasteiger partial charge in [-0.2, -0.15) is 0 Å². The number of hydrogen-bond acceptors (Lipinski definition) is 2. The highest BCUT2D eigenvalue weighted by Crippen LogP contribution is 2.35. The molecule has 0 heterocycles. The van der Waals surface area contributed by atoms with E-state index in [0.717, 1.165) is 12.3 Å². The number of rotatable bonds is 4. The molecular weight excluding hydrogens is 188 g/mol. The van der Waals surface area contributed by atoms with Gasteiger partial charge in [0.1, 0.15) is 6.10 Å². The third kappa shape index (κ3) is 3.08. The zero-order valence-electron chi connectivity index (χ0n) is 10.1. The SMILES string of the molecule is C=C(CC)C(=O)OC1CC(CC)CC1C. The van der Waals surface area contributed by atoms with Crippen LogP contribution in [-0.4, -0.2) is 12.1 Å². The molecule has 0 amide bonds. The van der Waals surface area contributed by atoms with Gasteiger partial charge in [-0.05, 0) is 31.1 Å². The van der Waals surface area contributed by atoms with E-state index in [9.17, 15) is 4.79 Å². The second-order valence-electron chi connectivity index (χ2n) is 4.62. The smallest absolute Gasteiger partial charge is 0.333 e. The van der Waals surface area contributed by atoms with Crippen LogP contribution in [0.3, 0.4) is 0 Å². The largest absolute Gasteiger partial charge is 0.459 e. The lowest BCUT2D eigenvalue weighted by molar-refractivity contribution is -0.145. The average Bonchev–Trinajstić information content (AvgIpc) is 2.58. The zero-order valence-corrected chi connectivity index (χ0v) is 10.1. The first-order valence-electron chi connectivity index (χ1n) is 5.97. The molecule has 2 nitrogen and oxygen atoms in total. The van der Waals surface area contributed by atoms with Crippen LogP contribution in [0.5, 0.6) is 0 Å². The van der Waals surface area contributed by atoms with Crippen LogP contribution in [0.25, 0.3) is 0 Å². The molecule has 1 saturated carbocycles. The number of carbonyl (C=O) groups excluding carboxylic acids is 1. The Morgan fingerprint density at radius 2 is 2.07 bits per heavy atom. The van der Waals surface area contributed by atoms with Crippen LogP contribution in [0.4, 0.5) is 0 Å². The lowest BCUT2D eigenvalue weighted by Gasteiger charge is -2.16. The molecule has 0 bridgehead atoms. The third-order valence-corrected chi connectivity index (χ3v) is 3.46. The van der Waals surface area contributed by atoms with Gasteiger partial charge in [0.15, 0.2) is 0 Å². The average molecular weight is 210 g/mol. The van der Waals surface area contributed by atoms with Gasteiger partial charge in [0.25, 0.3) is 0 Å². The van der Waals surface area contributed by atoms with E-state index in [2.05, 4.69) is 20.4 Å². The van der Waals surface area contributed by atoms with E-state index < -0.39 is 0 Å². The minimum atomic E-state index is -0.203. The lowest BCUT2D eigenvalue weighted by atomic mass is 10.0. The topological polar surface area (TPSA) is 26.3 Å². The fourth-order valence-corrected chi connectivity index (χ4v) is 2.20. The molecule has 0 radical (unpaired) electrons. The van der Waals surface area contributed by atoms with Gasteiger partial charge in [-0.25, -0.2) is 4.79 Å². The highest BCUT2D eigenvalue weighted by atomic mass is 16.5. The second-order valence-corrected chi connectivity index (χ2v) is 4.62. The fraction of sp³-hybridized carbons (Fsp3) is 0.769. The Hall–Kier alpha value is -0.790. The summed E-state index contributed by atoms with van der Waals surface area (Å²) in [7, 11) is 0. The van der Waals surface area contributed by atoms with Crippen molar-refractivity contribution >= 4 is 5.97 Å². The lowest BCUT2D eigenvalue weighted by Crippen LogP contribution is -2.21. The molecule has 0 aromatic carbocycles. The van der Waals surface area contributed by atoms with E-state index >= 15 is 0 Å². The maximum atomic E-state index is 11.5. The van der Waals surface area contributed by atoms with Crippen LogP contribution in [0.1, 0.15) is 46.5 Å². The summed E-state index contributed by atoms with van der Waals surface area (Å²) in [4.78, 5) is 11.5. The van der Waals surface area contributed by atoms with E-state index in [1.165, 1.54) is 12.8 Å². The van der Waals surface area contributed by atoms with Crippen LogP contribution in [-0.2, 0) is 9.53 Å². The highest BCUT2D eigenvalue weighted by molar-refractivity contribution is 5.87. The van der Waals surface area contributed by atoms with Gasteiger partial charge in [-0.1, -0.05) is 33.8 Å². The molecule has 0 aliphatic heterocycles. The molecule has 0 aromatic heterocycles. The zero-order chi connectivity index (χ0) is 11.4. The summed E-state index contributed by atoms with van der Waals surface area (Å²) in [6, 6.07) is 0. The standard InChI is InChI=1S/C13H22O2/c1-5-9(3)13(14)15-12-8-11(6-2)7-10(12)4/h10-12H,3,5-8H2,1-2,4H3. The Kier molecular flexibility index (Phi) is 4.37. The molecule has 15 heavy (non-hydrogen) atoms. The second kappa shape index (κ2) is 5.34. The van der Waals surface area contributed by atoms with Gasteiger partial charge in [-0.15, -0.1) is 0 Å². The van der Waals surface area contributed by atoms with Crippen LogP contribution in [0.2, 0.25) is 0 Å². The van der Waals surface area contributed by atoms with Crippen molar-refractivity contribution in [2.45, 2.75) is 52.6 Å². The van der Waals surface area contributed by atoms with Crippen molar-refractivity contribution in [3.63, 3.8) is 0 Å². The van der Waals surface area contributed by atoms with Crippen molar-refractivity contribution in [1.82, 2.24) is 0 Å². The predicted molar refractivity (Wildman–Crippen MR) is 61.5 cm³/mol. The summed E-state index contributed by atoms with van der Waals surface area (Å²) < 4.78 is 5.47. The van der Waals surface area contributed by atoms with E-state index in [-0.39, 0.29) is 12.1 Å². The first kappa shape index (κ1) is 12.3. The minimum Gasteiger partial charge on any atom is -0.459 e. The minimum absolute atomic E-state index is 0.116. The molecule has 1 aliphatic rings. The van der Waals surface area contributed by atoms with Gasteiger partial charge in [0.2, 0.25) is 0 Å². The maximum Gasteiger partial charge on any atom is 0.333 e. The van der Waals surface area contributed by atoms with E-state index in [4.69, 9.17) is 4.74 Å². The maximum absolute atomic E-state index is 11.5. The highest BCUT2D eigenvalue weighted by Gasteiger charge is 2.33. The Labute approximate surface area is 92.7 Å². The number of ether oxygens (including phenoxy) is 1. The number of carbonyl (C=O) groups is 1. The first-order chi connectivity index (χ1) is 7.08. The summed E-state index contributed by atoms with van der Waals surface area (Å²) >= 11 is 0. The Morgan fingerprint density at radius 1 is 1.40 bits per heavy atom. The van der Waals surface area contributed by atoms with Crippen molar-refractivity contribution in [1.29, 1.82) is 0 Å². The van der Waals surface area contributed by atoms with Gasteiger partial charge in [0, 0.05) is 5.57 Å². The number of hydrogen-bond donors (Lipinski definition) is 0. The van der Waals surface area contributed by atoms with Crippen molar-refractivity contribution in [2.24, 2.45) is 11.8 Å². The van der Waals surface area contributed by atoms with Crippen molar-refractivity contribution in [3.8, 4) is 0 Å². The molecule has 1 fully saturated rings. The van der Waals surface area contributed by atoms with Gasteiger partial charge < -0.3 is 4.74 Å². The Bertz CT molecular complexity index is 245. The van der Waals surface area contributed by atoms with Crippen molar-refractivity contribution in [3.05, 3.63) is 12.2 Å². The molecule has 0 aromatic rings. The molecule has 1 aliphatic carbocycles. The molecule has 3 atom stereocenters. The molecule has 0 saturated heterocycles. The van der Waals surface area contributed by atoms with Crippen molar-refractivity contribution in [2.75, 3.05) is 0 Å². The summed E-state index contributed by atoms with van der Waals surface area (Å²) in [6.07, 6.45) is 4.20. The Morgan fingerprint density at radius 3 is 2.53 bits per heavy atom. The Balaban J connectivity index is 2.45. The molecule has 2 heteroatoms. The quantitative estimate of drug-likeness (QED) is 0.525. The normalized spacial score (nSPS) is 30.2. The van der Waals surface area contributed by atoms with E-state index in [0.29, 0.717) is 17.9 Å². The van der Waals surface area contributed by atoms with Gasteiger partial charge >= 0.3 is 5.97 Å². The van der Waals surface area contributed by atoms with Crippen molar-refractivity contribution < 1.29 is 9.53 Å². The number of esters is 1.